The molecule has 150 valence electrons. The van der Waals surface area contributed by atoms with Crippen LogP contribution < -0.4 is 24.3 Å². The summed E-state index contributed by atoms with van der Waals surface area (Å²) in [4.78, 5) is 23.6. The van der Waals surface area contributed by atoms with Gasteiger partial charge in [0.05, 0.1) is 38.9 Å². The van der Waals surface area contributed by atoms with Gasteiger partial charge in [-0.05, 0) is 25.5 Å². The fourth-order valence-corrected chi connectivity index (χ4v) is 2.61. The summed E-state index contributed by atoms with van der Waals surface area (Å²) >= 11 is 0. The molecule has 0 bridgehead atoms. The lowest BCUT2D eigenvalue weighted by molar-refractivity contribution is -0.385. The maximum Gasteiger partial charge on any atom is 0.286 e. The number of carbonyl (C=O) groups is 1. The van der Waals surface area contributed by atoms with Gasteiger partial charge in [-0.15, -0.1) is 0 Å². The molecule has 0 aliphatic heterocycles. The van der Waals surface area contributed by atoms with Crippen LogP contribution in [0, 0.1) is 17.0 Å². The number of methoxy groups -OCH3 is 3. The molecule has 0 atom stereocenters. The minimum Gasteiger partial charge on any atom is -0.493 e. The third kappa shape index (κ3) is 4.25. The topological polar surface area (TPSA) is 109 Å². The van der Waals surface area contributed by atoms with Gasteiger partial charge in [-0.3, -0.25) is 14.9 Å². The van der Waals surface area contributed by atoms with Gasteiger partial charge in [0.25, 0.3) is 11.6 Å². The summed E-state index contributed by atoms with van der Waals surface area (Å²) in [6.07, 6.45) is 0. The Hall–Kier alpha value is -3.49. The van der Waals surface area contributed by atoms with Crippen LogP contribution in [0.15, 0.2) is 24.3 Å². The minimum atomic E-state index is -0.661. The van der Waals surface area contributed by atoms with Crippen molar-refractivity contribution in [2.45, 2.75) is 13.8 Å². The number of rotatable bonds is 8. The van der Waals surface area contributed by atoms with Crippen molar-refractivity contribution in [2.75, 3.05) is 33.3 Å². The number of carbonyl (C=O) groups excluding carboxylic acids is 1. The highest BCUT2D eigenvalue weighted by Crippen LogP contribution is 2.36. The Bertz CT molecular complexity index is 896. The Labute approximate surface area is 162 Å². The van der Waals surface area contributed by atoms with Gasteiger partial charge in [0.2, 0.25) is 0 Å². The lowest BCUT2D eigenvalue weighted by Crippen LogP contribution is -2.15. The first kappa shape index (κ1) is 20.8. The van der Waals surface area contributed by atoms with E-state index in [1.807, 2.05) is 0 Å². The van der Waals surface area contributed by atoms with Crippen molar-refractivity contribution < 1.29 is 28.7 Å². The molecule has 9 nitrogen and oxygen atoms in total. The largest absolute Gasteiger partial charge is 0.493 e. The molecule has 1 N–H and O–H groups in total. The SMILES string of the molecule is CCOc1cc(C(=O)Nc2cc(OC)c(OC)cc2C)c([N+](=O)[O-])cc1OC. The van der Waals surface area contributed by atoms with Crippen LogP contribution in [-0.4, -0.2) is 38.8 Å². The van der Waals surface area contributed by atoms with Gasteiger partial charge in [-0.25, -0.2) is 0 Å². The number of nitrogens with zero attached hydrogens (tertiary/aromatic N) is 1. The van der Waals surface area contributed by atoms with E-state index >= 15 is 0 Å². The lowest BCUT2D eigenvalue weighted by atomic mass is 10.1. The van der Waals surface area contributed by atoms with Crippen LogP contribution >= 0.6 is 0 Å². The van der Waals surface area contributed by atoms with E-state index in [2.05, 4.69) is 5.32 Å². The Morgan fingerprint density at radius 1 is 1.00 bits per heavy atom. The van der Waals surface area contributed by atoms with E-state index in [1.165, 1.54) is 33.5 Å². The summed E-state index contributed by atoms with van der Waals surface area (Å²) in [7, 11) is 4.35. The first-order valence-corrected chi connectivity index (χ1v) is 8.39. The predicted octanol–water partition coefficient (Wildman–Crippen LogP) is 3.58. The number of aryl methyl sites for hydroxylation is 1. The third-order valence-corrected chi connectivity index (χ3v) is 4.00. The van der Waals surface area contributed by atoms with Crippen LogP contribution in [-0.2, 0) is 0 Å². The number of ether oxygens (including phenoxy) is 4. The summed E-state index contributed by atoms with van der Waals surface area (Å²) in [6.45, 7) is 3.84. The fourth-order valence-electron chi connectivity index (χ4n) is 2.61. The lowest BCUT2D eigenvalue weighted by Gasteiger charge is -2.15. The van der Waals surface area contributed by atoms with Crippen molar-refractivity contribution in [2.24, 2.45) is 0 Å². The normalized spacial score (nSPS) is 10.2. The van der Waals surface area contributed by atoms with Gasteiger partial charge in [0, 0.05) is 17.8 Å². The van der Waals surface area contributed by atoms with Crippen molar-refractivity contribution in [3.8, 4) is 23.0 Å². The summed E-state index contributed by atoms with van der Waals surface area (Å²) < 4.78 is 21.0. The number of nitrogens with one attached hydrogen (secondary N) is 1. The van der Waals surface area contributed by atoms with Crippen molar-refractivity contribution in [3.63, 3.8) is 0 Å². The third-order valence-electron chi connectivity index (χ3n) is 4.00. The zero-order valence-corrected chi connectivity index (χ0v) is 16.3. The van der Waals surface area contributed by atoms with Crippen molar-refractivity contribution in [1.29, 1.82) is 0 Å². The summed E-state index contributed by atoms with van der Waals surface area (Å²) in [5.74, 6) is 0.678. The van der Waals surface area contributed by atoms with Crippen LogP contribution in [0.2, 0.25) is 0 Å². The van der Waals surface area contributed by atoms with E-state index in [0.29, 0.717) is 29.4 Å². The molecule has 0 spiro atoms. The van der Waals surface area contributed by atoms with Crippen LogP contribution in [0.4, 0.5) is 11.4 Å². The predicted molar refractivity (Wildman–Crippen MR) is 103 cm³/mol. The van der Waals surface area contributed by atoms with Gasteiger partial charge in [0.1, 0.15) is 5.56 Å². The van der Waals surface area contributed by atoms with Crippen LogP contribution in [0.3, 0.4) is 0 Å². The highest BCUT2D eigenvalue weighted by atomic mass is 16.6. The maximum absolute atomic E-state index is 12.8. The Morgan fingerprint density at radius 3 is 2.11 bits per heavy atom. The number of amides is 1. The number of hydrogen-bond donors (Lipinski definition) is 1. The van der Waals surface area contributed by atoms with E-state index in [9.17, 15) is 14.9 Å². The molecule has 28 heavy (non-hydrogen) atoms. The molecule has 0 fully saturated rings. The van der Waals surface area contributed by atoms with Crippen molar-refractivity contribution >= 4 is 17.3 Å². The first-order valence-electron chi connectivity index (χ1n) is 8.39. The van der Waals surface area contributed by atoms with Gasteiger partial charge < -0.3 is 24.3 Å². The molecule has 0 aliphatic carbocycles. The zero-order valence-electron chi connectivity index (χ0n) is 16.3. The summed E-state index contributed by atoms with van der Waals surface area (Å²) in [6, 6.07) is 5.75. The standard InChI is InChI=1S/C19H22N2O7/c1-6-28-18-8-12(14(21(23)24)10-17(18)27-5)19(22)20-13-9-16(26-4)15(25-3)7-11(13)2/h7-10H,6H2,1-5H3,(H,20,22). The van der Waals surface area contributed by atoms with E-state index < -0.39 is 16.5 Å². The molecule has 0 aromatic heterocycles. The van der Waals surface area contributed by atoms with E-state index in [1.54, 1.807) is 26.0 Å². The zero-order chi connectivity index (χ0) is 20.8. The Kier molecular flexibility index (Phi) is 6.64. The Balaban J connectivity index is 2.49. The number of hydrogen-bond acceptors (Lipinski definition) is 7. The number of nitro groups is 1. The van der Waals surface area contributed by atoms with Gasteiger partial charge >= 0.3 is 0 Å². The molecule has 0 saturated carbocycles. The molecule has 0 heterocycles. The minimum absolute atomic E-state index is 0.150. The molecule has 2 aromatic carbocycles. The fraction of sp³-hybridized carbons (Fsp3) is 0.316. The molecular formula is C19H22N2O7. The maximum atomic E-state index is 12.8. The second kappa shape index (κ2) is 8.94. The number of anilines is 1. The number of nitro benzene ring substituents is 1. The summed E-state index contributed by atoms with van der Waals surface area (Å²) in [5, 5.41) is 14.1. The molecule has 0 aliphatic rings. The molecule has 1 amide bonds. The van der Waals surface area contributed by atoms with Gasteiger partial charge in [-0.1, -0.05) is 0 Å². The monoisotopic (exact) mass is 390 g/mol. The quantitative estimate of drug-likeness (QED) is 0.542. The highest BCUT2D eigenvalue weighted by molar-refractivity contribution is 6.08. The van der Waals surface area contributed by atoms with Crippen molar-refractivity contribution in [1.82, 2.24) is 0 Å². The second-order valence-electron chi connectivity index (χ2n) is 5.69. The van der Waals surface area contributed by atoms with Crippen molar-refractivity contribution in [3.05, 3.63) is 45.5 Å². The van der Waals surface area contributed by atoms with E-state index in [0.717, 1.165) is 0 Å². The van der Waals surface area contributed by atoms with E-state index in [-0.39, 0.29) is 17.1 Å². The molecule has 0 saturated heterocycles. The average Bonchev–Trinajstić information content (AvgIpc) is 2.68. The van der Waals surface area contributed by atoms with Crippen LogP contribution in [0.1, 0.15) is 22.8 Å². The second-order valence-corrected chi connectivity index (χ2v) is 5.69. The van der Waals surface area contributed by atoms with Gasteiger partial charge in [0.15, 0.2) is 23.0 Å². The molecule has 0 unspecified atom stereocenters. The Morgan fingerprint density at radius 2 is 1.57 bits per heavy atom. The molecular weight excluding hydrogens is 368 g/mol. The first-order chi connectivity index (χ1) is 13.4. The molecule has 9 heteroatoms. The molecule has 2 rings (SSSR count). The van der Waals surface area contributed by atoms with Gasteiger partial charge in [-0.2, -0.15) is 0 Å². The molecule has 2 aromatic rings. The molecule has 0 radical (unpaired) electrons. The average molecular weight is 390 g/mol. The highest BCUT2D eigenvalue weighted by Gasteiger charge is 2.25. The summed E-state index contributed by atoms with van der Waals surface area (Å²) in [5.41, 5.74) is 0.595. The van der Waals surface area contributed by atoms with E-state index in [4.69, 9.17) is 18.9 Å². The van der Waals surface area contributed by atoms with Crippen LogP contribution in [0.5, 0.6) is 23.0 Å². The smallest absolute Gasteiger partial charge is 0.286 e. The van der Waals surface area contributed by atoms with Crippen LogP contribution in [0.25, 0.3) is 0 Å². The number of benzene rings is 2.